The fourth-order valence-corrected chi connectivity index (χ4v) is 1.78. The van der Waals surface area contributed by atoms with Gasteiger partial charge in [0.2, 0.25) is 0 Å². The topological polar surface area (TPSA) is 97.8 Å². The molecule has 1 aromatic rings. The molecule has 88 valence electrons. The van der Waals surface area contributed by atoms with Gasteiger partial charge in [0.25, 0.3) is 5.69 Å². The van der Waals surface area contributed by atoms with E-state index in [1.54, 1.807) is 0 Å². The summed E-state index contributed by atoms with van der Waals surface area (Å²) in [5, 5.41) is 29.0. The van der Waals surface area contributed by atoms with Crippen LogP contribution in [0.4, 0.5) is 5.69 Å². The van der Waals surface area contributed by atoms with Gasteiger partial charge in [0.15, 0.2) is 6.23 Å². The molecule has 0 bridgehead atoms. The van der Waals surface area contributed by atoms with E-state index in [1.165, 1.54) is 23.0 Å². The van der Waals surface area contributed by atoms with Crippen molar-refractivity contribution in [2.24, 2.45) is 0 Å². The molecule has 1 fully saturated rings. The zero-order valence-corrected chi connectivity index (χ0v) is 8.39. The fraction of sp³-hybridized carbons (Fsp3) is 0.556. The average Bonchev–Trinajstić information content (AvgIpc) is 2.83. The van der Waals surface area contributed by atoms with Crippen molar-refractivity contribution in [3.8, 4) is 0 Å². The monoisotopic (exact) mass is 228 g/mol. The van der Waals surface area contributed by atoms with Crippen LogP contribution in [0.25, 0.3) is 0 Å². The van der Waals surface area contributed by atoms with E-state index in [0.717, 1.165) is 0 Å². The molecule has 3 atom stereocenters. The molecule has 0 radical (unpaired) electrons. The molecule has 1 aliphatic heterocycles. The molecule has 1 aliphatic rings. The lowest BCUT2D eigenvalue weighted by Gasteiger charge is -2.15. The minimum atomic E-state index is -0.760. The third-order valence-electron chi connectivity index (χ3n) is 2.57. The number of ether oxygens (including phenoxy) is 1. The quantitative estimate of drug-likeness (QED) is 0.562. The number of nitrogens with zero attached hydrogens (tertiary/aromatic N) is 2. The van der Waals surface area contributed by atoms with Crippen LogP contribution >= 0.6 is 0 Å². The summed E-state index contributed by atoms with van der Waals surface area (Å²) in [6.45, 7) is -0.170. The van der Waals surface area contributed by atoms with Crippen molar-refractivity contribution in [1.29, 1.82) is 0 Å². The Morgan fingerprint density at radius 1 is 1.69 bits per heavy atom. The third kappa shape index (κ3) is 1.92. The van der Waals surface area contributed by atoms with Crippen molar-refractivity contribution in [3.05, 3.63) is 28.6 Å². The second-order valence-electron chi connectivity index (χ2n) is 3.71. The van der Waals surface area contributed by atoms with Crippen molar-refractivity contribution in [1.82, 2.24) is 4.57 Å². The first-order valence-electron chi connectivity index (χ1n) is 4.88. The Labute approximate surface area is 91.0 Å². The maximum atomic E-state index is 10.5. The minimum Gasteiger partial charge on any atom is -0.394 e. The Kier molecular flexibility index (Phi) is 2.90. The molecule has 1 aromatic heterocycles. The summed E-state index contributed by atoms with van der Waals surface area (Å²) in [5.41, 5.74) is -0.0525. The highest BCUT2D eigenvalue weighted by Crippen LogP contribution is 2.30. The number of rotatable bonds is 3. The standard InChI is InChI=1S/C9H12N2O5/c12-5-7-3-8(13)9(16-7)10-2-1-6(4-10)11(14)15/h1-2,4,7-9,12-13H,3,5H2/t7-,8+,9+/m0/s1. The molecule has 0 amide bonds. The minimum absolute atomic E-state index is 0.0525. The van der Waals surface area contributed by atoms with Gasteiger partial charge in [0.05, 0.1) is 23.8 Å². The van der Waals surface area contributed by atoms with E-state index in [4.69, 9.17) is 9.84 Å². The summed E-state index contributed by atoms with van der Waals surface area (Å²) in [7, 11) is 0. The Bertz CT molecular complexity index is 391. The zero-order valence-electron chi connectivity index (χ0n) is 8.39. The summed E-state index contributed by atoms with van der Waals surface area (Å²) in [4.78, 5) is 9.97. The summed E-state index contributed by atoms with van der Waals surface area (Å²) >= 11 is 0. The largest absolute Gasteiger partial charge is 0.394 e. The first-order valence-corrected chi connectivity index (χ1v) is 4.88. The van der Waals surface area contributed by atoms with E-state index in [-0.39, 0.29) is 12.3 Å². The van der Waals surface area contributed by atoms with Gasteiger partial charge < -0.3 is 19.5 Å². The second-order valence-corrected chi connectivity index (χ2v) is 3.71. The number of nitro groups is 1. The molecule has 0 saturated carbocycles. The van der Waals surface area contributed by atoms with Gasteiger partial charge in [-0.15, -0.1) is 0 Å². The lowest BCUT2D eigenvalue weighted by Crippen LogP contribution is -2.18. The highest BCUT2D eigenvalue weighted by atomic mass is 16.6. The van der Waals surface area contributed by atoms with Gasteiger partial charge in [-0.25, -0.2) is 0 Å². The van der Waals surface area contributed by atoms with Crippen molar-refractivity contribution >= 4 is 5.69 Å². The molecule has 1 saturated heterocycles. The van der Waals surface area contributed by atoms with Crippen LogP contribution in [-0.2, 0) is 4.74 Å². The van der Waals surface area contributed by atoms with Crippen LogP contribution in [-0.4, -0.2) is 38.5 Å². The number of aliphatic hydroxyl groups is 2. The second kappa shape index (κ2) is 4.20. The van der Waals surface area contributed by atoms with Gasteiger partial charge in [0.1, 0.15) is 6.10 Å². The maximum absolute atomic E-state index is 10.5. The summed E-state index contributed by atoms with van der Waals surface area (Å²) in [6, 6.07) is 1.34. The van der Waals surface area contributed by atoms with Crippen molar-refractivity contribution in [2.75, 3.05) is 6.61 Å². The molecular formula is C9H12N2O5. The molecule has 0 aromatic carbocycles. The molecule has 0 aliphatic carbocycles. The highest BCUT2D eigenvalue weighted by Gasteiger charge is 2.34. The van der Waals surface area contributed by atoms with Crippen LogP contribution in [0.15, 0.2) is 18.5 Å². The van der Waals surface area contributed by atoms with Gasteiger partial charge in [0, 0.05) is 18.7 Å². The zero-order chi connectivity index (χ0) is 11.7. The van der Waals surface area contributed by atoms with Crippen LogP contribution in [0.3, 0.4) is 0 Å². The van der Waals surface area contributed by atoms with E-state index in [2.05, 4.69) is 0 Å². The maximum Gasteiger partial charge on any atom is 0.286 e. The number of aromatic nitrogens is 1. The van der Waals surface area contributed by atoms with Gasteiger partial charge >= 0.3 is 0 Å². The van der Waals surface area contributed by atoms with Gasteiger partial charge in [-0.3, -0.25) is 10.1 Å². The summed E-state index contributed by atoms with van der Waals surface area (Å²) in [6.07, 6.45) is 1.27. The smallest absolute Gasteiger partial charge is 0.286 e. The Balaban J connectivity index is 2.15. The van der Waals surface area contributed by atoms with Gasteiger partial charge in [-0.2, -0.15) is 0 Å². The van der Waals surface area contributed by atoms with Crippen LogP contribution in [0.2, 0.25) is 0 Å². The normalized spacial score (nSPS) is 29.5. The molecule has 16 heavy (non-hydrogen) atoms. The van der Waals surface area contributed by atoms with Crippen LogP contribution in [0, 0.1) is 10.1 Å². The molecule has 2 heterocycles. The molecule has 2 rings (SSSR count). The van der Waals surface area contributed by atoms with E-state index in [1.807, 2.05) is 0 Å². The predicted molar refractivity (Wildman–Crippen MR) is 52.7 cm³/mol. The number of hydrogen-bond donors (Lipinski definition) is 2. The highest BCUT2D eigenvalue weighted by molar-refractivity contribution is 5.26. The molecular weight excluding hydrogens is 216 g/mol. The summed E-state index contributed by atoms with van der Waals surface area (Å²) < 4.78 is 6.79. The molecule has 2 N–H and O–H groups in total. The lowest BCUT2D eigenvalue weighted by atomic mass is 10.2. The lowest BCUT2D eigenvalue weighted by molar-refractivity contribution is -0.384. The number of aliphatic hydroxyl groups excluding tert-OH is 2. The molecule has 0 unspecified atom stereocenters. The third-order valence-corrected chi connectivity index (χ3v) is 2.57. The first kappa shape index (κ1) is 11.1. The average molecular weight is 228 g/mol. The molecule has 0 spiro atoms. The van der Waals surface area contributed by atoms with Gasteiger partial charge in [-0.05, 0) is 0 Å². The Morgan fingerprint density at radius 2 is 2.44 bits per heavy atom. The van der Waals surface area contributed by atoms with Gasteiger partial charge in [-0.1, -0.05) is 0 Å². The number of hydrogen-bond acceptors (Lipinski definition) is 5. The predicted octanol–water partition coefficient (Wildman–Crippen LogP) is 0.0370. The molecule has 7 heteroatoms. The SMILES string of the molecule is O=[N+]([O-])c1ccn([C@@H]2O[C@H](CO)C[C@H]2O)c1. The molecule has 7 nitrogen and oxygen atoms in total. The summed E-state index contributed by atoms with van der Waals surface area (Å²) in [5.74, 6) is 0. The van der Waals surface area contributed by atoms with E-state index < -0.39 is 23.4 Å². The Morgan fingerprint density at radius 3 is 2.94 bits per heavy atom. The van der Waals surface area contributed by atoms with E-state index in [0.29, 0.717) is 6.42 Å². The van der Waals surface area contributed by atoms with Crippen LogP contribution in [0.1, 0.15) is 12.6 Å². The van der Waals surface area contributed by atoms with Crippen molar-refractivity contribution < 1.29 is 19.9 Å². The van der Waals surface area contributed by atoms with Crippen molar-refractivity contribution in [3.63, 3.8) is 0 Å². The van der Waals surface area contributed by atoms with Crippen molar-refractivity contribution in [2.45, 2.75) is 24.9 Å². The van der Waals surface area contributed by atoms with E-state index >= 15 is 0 Å². The van der Waals surface area contributed by atoms with Crippen LogP contribution in [0.5, 0.6) is 0 Å². The van der Waals surface area contributed by atoms with Crippen LogP contribution < -0.4 is 0 Å². The fourth-order valence-electron chi connectivity index (χ4n) is 1.78. The first-order chi connectivity index (χ1) is 7.61. The van der Waals surface area contributed by atoms with E-state index in [9.17, 15) is 15.2 Å². The Hall–Kier alpha value is -1.44.